The van der Waals surface area contributed by atoms with E-state index in [4.69, 9.17) is 4.74 Å². The van der Waals surface area contributed by atoms with Gasteiger partial charge < -0.3 is 9.64 Å². The van der Waals surface area contributed by atoms with Crippen molar-refractivity contribution in [1.82, 2.24) is 4.90 Å². The topological polar surface area (TPSA) is 49.9 Å². The van der Waals surface area contributed by atoms with Gasteiger partial charge in [0.25, 0.3) is 0 Å². The van der Waals surface area contributed by atoms with Crippen LogP contribution in [0.3, 0.4) is 0 Å². The van der Waals surface area contributed by atoms with E-state index >= 15 is 0 Å². The van der Waals surface area contributed by atoms with E-state index in [2.05, 4.69) is 17.0 Å². The first-order valence-corrected chi connectivity index (χ1v) is 10.2. The van der Waals surface area contributed by atoms with Gasteiger partial charge in [-0.25, -0.2) is 4.79 Å². The Hall–Kier alpha value is -2.92. The summed E-state index contributed by atoms with van der Waals surface area (Å²) in [7, 11) is 0. The number of anilines is 1. The summed E-state index contributed by atoms with van der Waals surface area (Å²) in [6.07, 6.45) is 5.59. The van der Waals surface area contributed by atoms with E-state index in [1.54, 1.807) is 6.08 Å². The lowest BCUT2D eigenvalue weighted by atomic mass is 10.2. The summed E-state index contributed by atoms with van der Waals surface area (Å²) < 4.78 is 5.60. The highest BCUT2D eigenvalue weighted by Gasteiger charge is 2.25. The Bertz CT molecular complexity index is 877. The van der Waals surface area contributed by atoms with Gasteiger partial charge in [0, 0.05) is 44.4 Å². The van der Waals surface area contributed by atoms with Crippen LogP contribution in [0.4, 0.5) is 5.69 Å². The molecule has 0 aliphatic carbocycles. The van der Waals surface area contributed by atoms with E-state index in [0.29, 0.717) is 6.42 Å². The number of rotatable bonds is 6. The van der Waals surface area contributed by atoms with Crippen LogP contribution >= 0.6 is 0 Å². The van der Waals surface area contributed by atoms with Crippen LogP contribution in [0.2, 0.25) is 0 Å². The van der Waals surface area contributed by atoms with E-state index in [9.17, 15) is 9.59 Å². The lowest BCUT2D eigenvalue weighted by Gasteiger charge is -2.16. The summed E-state index contributed by atoms with van der Waals surface area (Å²) in [4.78, 5) is 28.1. The Morgan fingerprint density at radius 2 is 1.86 bits per heavy atom. The Balaban J connectivity index is 1.25. The largest absolute Gasteiger partial charge is 0.458 e. The zero-order valence-corrected chi connectivity index (χ0v) is 16.5. The number of likely N-dealkylation sites (tertiary alicyclic amines) is 1. The molecule has 1 atom stereocenters. The van der Waals surface area contributed by atoms with E-state index in [0.717, 1.165) is 50.3 Å². The molecule has 2 aliphatic heterocycles. The lowest BCUT2D eigenvalue weighted by Crippen LogP contribution is -2.24. The molecule has 0 saturated carbocycles. The third-order valence-electron chi connectivity index (χ3n) is 5.45. The molecule has 0 bridgehead atoms. The molecule has 2 fully saturated rings. The second-order valence-electron chi connectivity index (χ2n) is 7.64. The third-order valence-corrected chi connectivity index (χ3v) is 5.45. The zero-order chi connectivity index (χ0) is 20.1. The Labute approximate surface area is 171 Å². The smallest absolute Gasteiger partial charge is 0.331 e. The molecular formula is C24H26N2O3. The monoisotopic (exact) mass is 390 g/mol. The van der Waals surface area contributed by atoms with E-state index in [1.807, 2.05) is 47.4 Å². The maximum absolute atomic E-state index is 12.2. The highest BCUT2D eigenvalue weighted by Crippen LogP contribution is 2.22. The predicted molar refractivity (Wildman–Crippen MR) is 113 cm³/mol. The second kappa shape index (κ2) is 9.05. The molecule has 0 radical (unpaired) electrons. The molecule has 29 heavy (non-hydrogen) atoms. The summed E-state index contributed by atoms with van der Waals surface area (Å²) in [6.45, 7) is 3.37. The number of amides is 1. The Morgan fingerprint density at radius 1 is 1.07 bits per heavy atom. The van der Waals surface area contributed by atoms with Crippen molar-refractivity contribution < 1.29 is 14.3 Å². The van der Waals surface area contributed by atoms with E-state index in [1.165, 1.54) is 11.6 Å². The number of hydrogen-bond acceptors (Lipinski definition) is 4. The first kappa shape index (κ1) is 19.4. The minimum Gasteiger partial charge on any atom is -0.458 e. The summed E-state index contributed by atoms with van der Waals surface area (Å²) in [5, 5.41) is 0. The fourth-order valence-electron chi connectivity index (χ4n) is 3.93. The zero-order valence-electron chi connectivity index (χ0n) is 16.5. The minimum absolute atomic E-state index is 0.0561. The number of nitrogens with zero attached hydrogens (tertiary/aromatic N) is 2. The normalized spacial score (nSPS) is 19.9. The van der Waals surface area contributed by atoms with Crippen molar-refractivity contribution in [3.05, 3.63) is 71.8 Å². The molecule has 2 aliphatic rings. The van der Waals surface area contributed by atoms with Crippen LogP contribution in [0.1, 0.15) is 30.4 Å². The molecule has 4 rings (SSSR count). The first-order chi connectivity index (χ1) is 14.2. The van der Waals surface area contributed by atoms with Crippen molar-refractivity contribution in [2.45, 2.75) is 31.9 Å². The number of benzene rings is 2. The Morgan fingerprint density at radius 3 is 2.59 bits per heavy atom. The molecule has 0 unspecified atom stereocenters. The van der Waals surface area contributed by atoms with Gasteiger partial charge in [-0.1, -0.05) is 42.5 Å². The summed E-state index contributed by atoms with van der Waals surface area (Å²) in [5.74, 6) is -0.134. The molecule has 5 heteroatoms. The van der Waals surface area contributed by atoms with Crippen molar-refractivity contribution >= 4 is 23.6 Å². The van der Waals surface area contributed by atoms with Crippen LogP contribution in [0.5, 0.6) is 0 Å². The van der Waals surface area contributed by atoms with Crippen molar-refractivity contribution in [2.24, 2.45) is 0 Å². The molecule has 1 amide bonds. The maximum atomic E-state index is 12.2. The molecule has 2 heterocycles. The molecule has 0 aromatic heterocycles. The minimum atomic E-state index is -0.310. The molecule has 2 aromatic carbocycles. The second-order valence-corrected chi connectivity index (χ2v) is 7.64. The highest BCUT2D eigenvalue weighted by molar-refractivity contribution is 5.95. The SMILES string of the molecule is O=C(C=Cc1ccc(N2CCCC2=O)cc1)O[C@@H]1CCN(Cc2ccccc2)C1. The fraction of sp³-hybridized carbons (Fsp3) is 0.333. The summed E-state index contributed by atoms with van der Waals surface area (Å²) in [5.41, 5.74) is 3.10. The van der Waals surface area contributed by atoms with Gasteiger partial charge in [-0.3, -0.25) is 9.69 Å². The number of hydrogen-bond donors (Lipinski definition) is 0. The molecule has 150 valence electrons. The van der Waals surface area contributed by atoms with Crippen LogP contribution in [-0.4, -0.2) is 42.5 Å². The molecular weight excluding hydrogens is 364 g/mol. The molecule has 0 spiro atoms. The maximum Gasteiger partial charge on any atom is 0.331 e. The number of ether oxygens (including phenoxy) is 1. The summed E-state index contributed by atoms with van der Waals surface area (Å²) in [6, 6.07) is 18.0. The third kappa shape index (κ3) is 5.12. The van der Waals surface area contributed by atoms with Gasteiger partial charge in [0.15, 0.2) is 0 Å². The van der Waals surface area contributed by atoms with Gasteiger partial charge in [0.2, 0.25) is 5.91 Å². The van der Waals surface area contributed by atoms with Crippen molar-refractivity contribution in [3.8, 4) is 0 Å². The fourth-order valence-corrected chi connectivity index (χ4v) is 3.93. The average molecular weight is 390 g/mol. The van der Waals surface area contributed by atoms with Crippen molar-refractivity contribution in [3.63, 3.8) is 0 Å². The van der Waals surface area contributed by atoms with Crippen LogP contribution in [0, 0.1) is 0 Å². The number of carbonyl (C=O) groups excluding carboxylic acids is 2. The number of esters is 1. The van der Waals surface area contributed by atoms with Crippen molar-refractivity contribution in [1.29, 1.82) is 0 Å². The standard InChI is InChI=1S/C24H26N2O3/c27-23-7-4-15-26(23)21-11-8-19(9-12-21)10-13-24(28)29-22-14-16-25(18-22)17-20-5-2-1-3-6-20/h1-3,5-6,8-13,22H,4,7,14-18H2/t22-/m1/s1. The molecule has 2 aromatic rings. The van der Waals surface area contributed by atoms with Gasteiger partial charge in [0.1, 0.15) is 6.10 Å². The summed E-state index contributed by atoms with van der Waals surface area (Å²) >= 11 is 0. The van der Waals surface area contributed by atoms with Crippen LogP contribution in [0.25, 0.3) is 6.08 Å². The van der Waals surface area contributed by atoms with Crippen molar-refractivity contribution in [2.75, 3.05) is 24.5 Å². The molecule has 2 saturated heterocycles. The molecule has 5 nitrogen and oxygen atoms in total. The van der Waals surface area contributed by atoms with Gasteiger partial charge in [0.05, 0.1) is 0 Å². The average Bonchev–Trinajstić information content (AvgIpc) is 3.36. The van der Waals surface area contributed by atoms with Crippen LogP contribution in [0.15, 0.2) is 60.7 Å². The quantitative estimate of drug-likeness (QED) is 0.558. The van der Waals surface area contributed by atoms with Crippen LogP contribution < -0.4 is 4.90 Å². The highest BCUT2D eigenvalue weighted by atomic mass is 16.5. The lowest BCUT2D eigenvalue weighted by molar-refractivity contribution is -0.142. The number of carbonyl (C=O) groups is 2. The van der Waals surface area contributed by atoms with Gasteiger partial charge in [-0.05, 0) is 42.2 Å². The van der Waals surface area contributed by atoms with E-state index < -0.39 is 0 Å². The molecule has 0 N–H and O–H groups in total. The predicted octanol–water partition coefficient (Wildman–Crippen LogP) is 3.64. The van der Waals surface area contributed by atoms with Gasteiger partial charge in [-0.2, -0.15) is 0 Å². The van der Waals surface area contributed by atoms with E-state index in [-0.39, 0.29) is 18.0 Å². The van der Waals surface area contributed by atoms with Gasteiger partial charge >= 0.3 is 5.97 Å². The van der Waals surface area contributed by atoms with Gasteiger partial charge in [-0.15, -0.1) is 0 Å². The first-order valence-electron chi connectivity index (χ1n) is 10.2. The Kier molecular flexibility index (Phi) is 6.06. The van der Waals surface area contributed by atoms with Crippen LogP contribution in [-0.2, 0) is 20.9 Å².